The van der Waals surface area contributed by atoms with E-state index in [1.54, 1.807) is 30.3 Å². The van der Waals surface area contributed by atoms with Crippen molar-refractivity contribution in [3.63, 3.8) is 0 Å². The summed E-state index contributed by atoms with van der Waals surface area (Å²) < 4.78 is 0. The zero-order chi connectivity index (χ0) is 16.8. The summed E-state index contributed by atoms with van der Waals surface area (Å²) in [6.07, 6.45) is -1.89. The summed E-state index contributed by atoms with van der Waals surface area (Å²) in [7, 11) is 0. The number of aliphatic imine (C=N–C) groups is 1. The highest BCUT2D eigenvalue weighted by Gasteiger charge is 2.29. The minimum atomic E-state index is -1.20. The number of hydrogen-bond acceptors (Lipinski definition) is 6. The predicted octanol–water partition coefficient (Wildman–Crippen LogP) is 1.45. The van der Waals surface area contributed by atoms with Gasteiger partial charge in [0.15, 0.2) is 0 Å². The lowest BCUT2D eigenvalue weighted by molar-refractivity contribution is 0.0538. The van der Waals surface area contributed by atoms with Gasteiger partial charge < -0.3 is 26.7 Å². The maximum Gasteiger partial charge on any atom is 0.143 e. The SMILES string of the molecule is Nc1ccc2c(c1)N=C(C(O)C(O)c1nc3ccc(N)cc3[nH]1)C2. The summed E-state index contributed by atoms with van der Waals surface area (Å²) in [6.45, 7) is 0. The molecule has 122 valence electrons. The Kier molecular flexibility index (Phi) is 3.26. The van der Waals surface area contributed by atoms with Gasteiger partial charge in [0, 0.05) is 17.8 Å². The van der Waals surface area contributed by atoms with Gasteiger partial charge in [0.1, 0.15) is 18.0 Å². The molecule has 1 aliphatic rings. The zero-order valence-electron chi connectivity index (χ0n) is 12.8. The fourth-order valence-corrected chi connectivity index (χ4v) is 2.91. The van der Waals surface area contributed by atoms with E-state index in [0.717, 1.165) is 11.3 Å². The number of H-pyrrole nitrogens is 1. The molecule has 0 fully saturated rings. The van der Waals surface area contributed by atoms with Gasteiger partial charge in [0.2, 0.25) is 0 Å². The van der Waals surface area contributed by atoms with E-state index < -0.39 is 12.2 Å². The van der Waals surface area contributed by atoms with Crippen LogP contribution in [0.15, 0.2) is 41.4 Å². The number of nitrogens with zero attached hydrogens (tertiary/aromatic N) is 2. The van der Waals surface area contributed by atoms with Crippen molar-refractivity contribution in [3.8, 4) is 0 Å². The van der Waals surface area contributed by atoms with Crippen molar-refractivity contribution in [2.75, 3.05) is 11.5 Å². The van der Waals surface area contributed by atoms with Gasteiger partial charge in [0.05, 0.1) is 22.4 Å². The highest BCUT2D eigenvalue weighted by Crippen LogP contribution is 2.31. The smallest absolute Gasteiger partial charge is 0.143 e. The Morgan fingerprint density at radius 2 is 1.75 bits per heavy atom. The largest absolute Gasteiger partial charge is 0.399 e. The molecule has 7 N–H and O–H groups in total. The van der Waals surface area contributed by atoms with Gasteiger partial charge in [-0.05, 0) is 35.9 Å². The van der Waals surface area contributed by atoms with Crippen molar-refractivity contribution in [1.82, 2.24) is 9.97 Å². The number of aromatic nitrogens is 2. The number of nitrogens with two attached hydrogens (primary N) is 2. The fraction of sp³-hybridized carbons (Fsp3) is 0.176. The molecular weight excluding hydrogens is 306 g/mol. The quantitative estimate of drug-likeness (QED) is 0.465. The van der Waals surface area contributed by atoms with Crippen LogP contribution in [0.1, 0.15) is 17.5 Å². The molecule has 0 saturated carbocycles. The van der Waals surface area contributed by atoms with Gasteiger partial charge in [-0.3, -0.25) is 4.99 Å². The number of benzene rings is 2. The van der Waals surface area contributed by atoms with Crippen molar-refractivity contribution in [3.05, 3.63) is 47.8 Å². The van der Waals surface area contributed by atoms with E-state index in [1.807, 2.05) is 6.07 Å². The maximum atomic E-state index is 10.5. The van der Waals surface area contributed by atoms with Crippen LogP contribution in [0.2, 0.25) is 0 Å². The third-order valence-electron chi connectivity index (χ3n) is 4.19. The Hall–Kier alpha value is -2.90. The molecule has 0 saturated heterocycles. The summed E-state index contributed by atoms with van der Waals surface area (Å²) in [5.74, 6) is 0.279. The second-order valence-electron chi connectivity index (χ2n) is 5.96. The lowest BCUT2D eigenvalue weighted by Gasteiger charge is -2.15. The standard InChI is InChI=1S/C17H17N5O2/c18-9-2-1-8-5-14(20-12(8)6-9)15(23)16(24)17-21-11-4-3-10(19)7-13(11)22-17/h1-4,6-7,15-16,23-24H,5,18-19H2,(H,21,22). The first kappa shape index (κ1) is 14.7. The molecule has 7 heteroatoms. The van der Waals surface area contributed by atoms with Crippen LogP contribution in [0.5, 0.6) is 0 Å². The summed E-state index contributed by atoms with van der Waals surface area (Å²) in [5, 5.41) is 21.0. The first-order valence-electron chi connectivity index (χ1n) is 7.58. The molecule has 0 bridgehead atoms. The molecular formula is C17H17N5O2. The van der Waals surface area contributed by atoms with Gasteiger partial charge in [0.25, 0.3) is 0 Å². The Morgan fingerprint density at radius 1 is 1.00 bits per heavy atom. The van der Waals surface area contributed by atoms with E-state index in [9.17, 15) is 10.2 Å². The third kappa shape index (κ3) is 2.40. The number of rotatable bonds is 3. The molecule has 1 aromatic heterocycles. The van der Waals surface area contributed by atoms with Crippen molar-refractivity contribution in [2.45, 2.75) is 18.6 Å². The third-order valence-corrected chi connectivity index (χ3v) is 4.19. The van der Waals surface area contributed by atoms with Crippen LogP contribution < -0.4 is 11.5 Å². The summed E-state index contributed by atoms with van der Waals surface area (Å²) >= 11 is 0. The number of imidazole rings is 1. The van der Waals surface area contributed by atoms with Gasteiger partial charge >= 0.3 is 0 Å². The van der Waals surface area contributed by atoms with Crippen LogP contribution in [0, 0.1) is 0 Å². The number of aliphatic hydroxyl groups excluding tert-OH is 2. The second-order valence-corrected chi connectivity index (χ2v) is 5.96. The van der Waals surface area contributed by atoms with Crippen LogP contribution in [0.25, 0.3) is 11.0 Å². The van der Waals surface area contributed by atoms with Crippen molar-refractivity contribution >= 4 is 33.8 Å². The van der Waals surface area contributed by atoms with E-state index in [0.29, 0.717) is 34.5 Å². The van der Waals surface area contributed by atoms with Gasteiger partial charge in [-0.15, -0.1) is 0 Å². The average Bonchev–Trinajstić information content (AvgIpc) is 3.16. The van der Waals surface area contributed by atoms with Crippen LogP contribution >= 0.6 is 0 Å². The van der Waals surface area contributed by atoms with Crippen LogP contribution in [-0.4, -0.2) is 32.0 Å². The molecule has 7 nitrogen and oxygen atoms in total. The van der Waals surface area contributed by atoms with Gasteiger partial charge in [-0.2, -0.15) is 0 Å². The predicted molar refractivity (Wildman–Crippen MR) is 93.1 cm³/mol. The highest BCUT2D eigenvalue weighted by molar-refractivity contribution is 5.97. The molecule has 24 heavy (non-hydrogen) atoms. The van der Waals surface area contributed by atoms with Crippen molar-refractivity contribution < 1.29 is 10.2 Å². The first-order valence-corrected chi connectivity index (χ1v) is 7.58. The van der Waals surface area contributed by atoms with Crippen molar-refractivity contribution in [2.24, 2.45) is 4.99 Å². The lowest BCUT2D eigenvalue weighted by Crippen LogP contribution is -2.28. The highest BCUT2D eigenvalue weighted by atomic mass is 16.3. The number of hydrogen-bond donors (Lipinski definition) is 5. The summed E-state index contributed by atoms with van der Waals surface area (Å²) in [4.78, 5) is 11.7. The molecule has 3 aromatic rings. The number of fused-ring (bicyclic) bond motifs is 2. The van der Waals surface area contributed by atoms with Crippen LogP contribution in [-0.2, 0) is 6.42 Å². The molecule has 0 spiro atoms. The van der Waals surface area contributed by atoms with Crippen LogP contribution in [0.3, 0.4) is 0 Å². The Bertz CT molecular complexity index is 963. The van der Waals surface area contributed by atoms with E-state index in [1.165, 1.54) is 0 Å². The molecule has 0 radical (unpaired) electrons. The van der Waals surface area contributed by atoms with E-state index in [-0.39, 0.29) is 5.82 Å². The fourth-order valence-electron chi connectivity index (χ4n) is 2.91. The number of aliphatic hydroxyl groups is 2. The Morgan fingerprint density at radius 3 is 2.58 bits per heavy atom. The Labute approximate surface area is 137 Å². The van der Waals surface area contributed by atoms with Gasteiger partial charge in [-0.1, -0.05) is 6.07 Å². The number of anilines is 2. The van der Waals surface area contributed by atoms with Gasteiger partial charge in [-0.25, -0.2) is 4.98 Å². The van der Waals surface area contributed by atoms with Crippen molar-refractivity contribution in [1.29, 1.82) is 0 Å². The monoisotopic (exact) mass is 323 g/mol. The molecule has 4 rings (SSSR count). The summed E-state index contributed by atoms with van der Waals surface area (Å²) in [6, 6.07) is 10.7. The number of nitrogen functional groups attached to an aromatic ring is 2. The molecule has 2 atom stereocenters. The second kappa shape index (κ2) is 5.33. The molecule has 2 aromatic carbocycles. The lowest BCUT2D eigenvalue weighted by atomic mass is 10.0. The topological polar surface area (TPSA) is 134 Å². The molecule has 2 heterocycles. The minimum Gasteiger partial charge on any atom is -0.399 e. The first-order chi connectivity index (χ1) is 11.5. The normalized spacial score (nSPS) is 16.0. The number of aromatic amines is 1. The van der Waals surface area contributed by atoms with E-state index >= 15 is 0 Å². The van der Waals surface area contributed by atoms with E-state index in [2.05, 4.69) is 15.0 Å². The summed E-state index contributed by atoms with van der Waals surface area (Å²) in [5.41, 5.74) is 16.3. The molecule has 0 amide bonds. The molecule has 1 aliphatic heterocycles. The Balaban J connectivity index is 1.62. The zero-order valence-corrected chi connectivity index (χ0v) is 12.8. The molecule has 0 aliphatic carbocycles. The maximum absolute atomic E-state index is 10.5. The van der Waals surface area contributed by atoms with Crippen LogP contribution in [0.4, 0.5) is 17.1 Å². The number of nitrogens with one attached hydrogen (secondary N) is 1. The molecule has 2 unspecified atom stereocenters. The van der Waals surface area contributed by atoms with E-state index in [4.69, 9.17) is 11.5 Å². The average molecular weight is 323 g/mol. The minimum absolute atomic E-state index is 0.279.